The molecule has 1 aromatic carbocycles. The first-order chi connectivity index (χ1) is 9.85. The van der Waals surface area contributed by atoms with Gasteiger partial charge in [0.25, 0.3) is 0 Å². The van der Waals surface area contributed by atoms with Crippen LogP contribution in [0.25, 0.3) is 0 Å². The summed E-state index contributed by atoms with van der Waals surface area (Å²) in [4.78, 5) is 16.2. The maximum Gasteiger partial charge on any atom is 0.130 e. The van der Waals surface area contributed by atoms with Crippen molar-refractivity contribution in [2.45, 2.75) is 12.8 Å². The first-order valence-corrected chi connectivity index (χ1v) is 6.57. The second-order valence-electron chi connectivity index (χ2n) is 4.56. The zero-order chi connectivity index (χ0) is 14.2. The van der Waals surface area contributed by atoms with Crippen molar-refractivity contribution in [1.29, 1.82) is 0 Å². The zero-order valence-electron chi connectivity index (χ0n) is 11.5. The van der Waals surface area contributed by atoms with Crippen molar-refractivity contribution in [2.24, 2.45) is 11.1 Å². The lowest BCUT2D eigenvalue weighted by Gasteiger charge is -2.16. The summed E-state index contributed by atoms with van der Waals surface area (Å²) in [5.41, 5.74) is 2.26. The third kappa shape index (κ3) is 3.56. The highest BCUT2D eigenvalue weighted by atomic mass is 16.6. The molecule has 0 amide bonds. The maximum atomic E-state index is 11.3. The molecule has 1 atom stereocenters. The Morgan fingerprint density at radius 2 is 2.15 bits per heavy atom. The average Bonchev–Trinajstić information content (AvgIpc) is 2.52. The van der Waals surface area contributed by atoms with Crippen LogP contribution < -0.4 is 0 Å². The highest BCUT2D eigenvalue weighted by Crippen LogP contribution is 2.20. The lowest BCUT2D eigenvalue weighted by Crippen LogP contribution is -2.18. The van der Waals surface area contributed by atoms with Gasteiger partial charge in [-0.3, -0.25) is 0 Å². The lowest BCUT2D eigenvalue weighted by molar-refractivity contribution is 0.212. The third-order valence-electron chi connectivity index (χ3n) is 3.18. The molecule has 102 valence electrons. The van der Waals surface area contributed by atoms with E-state index in [9.17, 15) is 4.79 Å². The van der Waals surface area contributed by atoms with Crippen molar-refractivity contribution in [1.82, 2.24) is 0 Å². The van der Waals surface area contributed by atoms with Crippen LogP contribution in [0.1, 0.15) is 12.0 Å². The van der Waals surface area contributed by atoms with E-state index in [1.165, 1.54) is 7.11 Å². The van der Waals surface area contributed by atoms with Crippen molar-refractivity contribution in [3.05, 3.63) is 65.8 Å². The Hall–Kier alpha value is -2.38. The van der Waals surface area contributed by atoms with Crippen molar-refractivity contribution < 1.29 is 9.63 Å². The molecule has 0 fully saturated rings. The fraction of sp³-hybridized carbons (Fsp3) is 0.235. The Morgan fingerprint density at radius 3 is 2.75 bits per heavy atom. The Morgan fingerprint density at radius 1 is 1.35 bits per heavy atom. The Kier molecular flexibility index (Phi) is 5.10. The molecule has 0 saturated carbocycles. The van der Waals surface area contributed by atoms with Crippen molar-refractivity contribution in [3.63, 3.8) is 0 Å². The first kappa shape index (κ1) is 14.0. The Labute approximate surface area is 118 Å². The molecule has 0 N–H and O–H groups in total. The van der Waals surface area contributed by atoms with Gasteiger partial charge in [-0.2, -0.15) is 0 Å². The van der Waals surface area contributed by atoms with Crippen LogP contribution >= 0.6 is 0 Å². The van der Waals surface area contributed by atoms with E-state index >= 15 is 0 Å². The van der Waals surface area contributed by atoms with Crippen LogP contribution in [0.2, 0.25) is 0 Å². The number of oxime groups is 1. The molecule has 0 aromatic heterocycles. The van der Waals surface area contributed by atoms with Gasteiger partial charge in [-0.05, 0) is 12.0 Å². The van der Waals surface area contributed by atoms with Crippen LogP contribution in [-0.4, -0.2) is 18.8 Å². The van der Waals surface area contributed by atoms with Crippen LogP contribution in [0.15, 0.2) is 65.4 Å². The molecule has 1 aromatic rings. The van der Waals surface area contributed by atoms with E-state index in [2.05, 4.69) is 11.2 Å². The van der Waals surface area contributed by atoms with Gasteiger partial charge in [0.05, 0.1) is 5.57 Å². The summed E-state index contributed by atoms with van der Waals surface area (Å²) in [7, 11) is 1.49. The van der Waals surface area contributed by atoms with Crippen molar-refractivity contribution in [3.8, 4) is 0 Å². The van der Waals surface area contributed by atoms with Gasteiger partial charge in [0, 0.05) is 12.3 Å². The largest absolute Gasteiger partial charge is 0.399 e. The van der Waals surface area contributed by atoms with Crippen LogP contribution in [0.5, 0.6) is 0 Å². The average molecular weight is 267 g/mol. The van der Waals surface area contributed by atoms with Gasteiger partial charge < -0.3 is 4.84 Å². The summed E-state index contributed by atoms with van der Waals surface area (Å²) in [5, 5.41) is 4.05. The normalized spacial score (nSPS) is 17.6. The van der Waals surface area contributed by atoms with Crippen molar-refractivity contribution >= 4 is 11.7 Å². The first-order valence-electron chi connectivity index (χ1n) is 6.57. The topological polar surface area (TPSA) is 38.7 Å². The summed E-state index contributed by atoms with van der Waals surface area (Å²) >= 11 is 0. The van der Waals surface area contributed by atoms with Crippen LogP contribution in [0.3, 0.4) is 0 Å². The van der Waals surface area contributed by atoms with E-state index in [-0.39, 0.29) is 5.92 Å². The number of benzene rings is 1. The monoisotopic (exact) mass is 267 g/mol. The number of hydrogen-bond acceptors (Lipinski definition) is 3. The minimum Gasteiger partial charge on any atom is -0.399 e. The van der Waals surface area contributed by atoms with E-state index in [1.807, 2.05) is 54.5 Å². The van der Waals surface area contributed by atoms with E-state index in [1.54, 1.807) is 0 Å². The molecule has 0 saturated heterocycles. The lowest BCUT2D eigenvalue weighted by atomic mass is 9.89. The molecule has 1 unspecified atom stereocenters. The van der Waals surface area contributed by atoms with E-state index in [4.69, 9.17) is 4.84 Å². The molecular weight excluding hydrogens is 250 g/mol. The Bertz CT molecular complexity index is 578. The molecule has 3 heteroatoms. The SMILES string of the molecule is CON=C(C(=C=O)Cc1ccccc1)C1C=CC=CC1. The molecule has 2 rings (SSSR count). The summed E-state index contributed by atoms with van der Waals surface area (Å²) in [6.45, 7) is 0. The predicted octanol–water partition coefficient (Wildman–Crippen LogP) is 3.12. The molecule has 0 heterocycles. The number of nitrogens with zero attached hydrogens (tertiary/aromatic N) is 1. The van der Waals surface area contributed by atoms with Crippen LogP contribution in [-0.2, 0) is 16.1 Å². The zero-order valence-corrected chi connectivity index (χ0v) is 11.5. The van der Waals surface area contributed by atoms with Gasteiger partial charge in [0.2, 0.25) is 0 Å². The minimum absolute atomic E-state index is 0.0695. The standard InChI is InChI=1S/C17H17NO2/c1-20-18-17(15-10-6-3-7-11-15)16(13-19)12-14-8-4-2-5-9-14/h2-10,15H,11-12H2,1H3. The van der Waals surface area contributed by atoms with Gasteiger partial charge in [0.15, 0.2) is 0 Å². The summed E-state index contributed by atoms with van der Waals surface area (Å²) in [6, 6.07) is 9.83. The molecule has 0 radical (unpaired) electrons. The molecule has 1 aliphatic carbocycles. The summed E-state index contributed by atoms with van der Waals surface area (Å²) in [6.07, 6.45) is 9.37. The van der Waals surface area contributed by atoms with E-state index in [0.717, 1.165) is 12.0 Å². The van der Waals surface area contributed by atoms with Gasteiger partial charge in [-0.15, -0.1) is 0 Å². The van der Waals surface area contributed by atoms with E-state index < -0.39 is 0 Å². The molecule has 0 aliphatic heterocycles. The smallest absolute Gasteiger partial charge is 0.130 e. The molecule has 1 aliphatic rings. The number of hydrogen-bond donors (Lipinski definition) is 0. The summed E-state index contributed by atoms with van der Waals surface area (Å²) in [5.74, 6) is 2.10. The van der Waals surface area contributed by atoms with Gasteiger partial charge in [-0.25, -0.2) is 4.79 Å². The highest BCUT2D eigenvalue weighted by Gasteiger charge is 2.20. The number of rotatable bonds is 5. The van der Waals surface area contributed by atoms with Crippen LogP contribution in [0, 0.1) is 5.92 Å². The third-order valence-corrected chi connectivity index (χ3v) is 3.18. The molecule has 0 bridgehead atoms. The fourth-order valence-electron chi connectivity index (χ4n) is 2.21. The Balaban J connectivity index is 2.23. The van der Waals surface area contributed by atoms with Gasteiger partial charge in [-0.1, -0.05) is 59.8 Å². The molecular formula is C17H17NO2. The second-order valence-corrected chi connectivity index (χ2v) is 4.56. The van der Waals surface area contributed by atoms with Crippen LogP contribution in [0.4, 0.5) is 0 Å². The maximum absolute atomic E-state index is 11.3. The van der Waals surface area contributed by atoms with E-state index in [0.29, 0.717) is 17.7 Å². The highest BCUT2D eigenvalue weighted by molar-refractivity contribution is 6.08. The number of carbonyl (C=O) groups excluding carboxylic acids is 1. The fourth-order valence-corrected chi connectivity index (χ4v) is 2.21. The van der Waals surface area contributed by atoms with Gasteiger partial charge in [0.1, 0.15) is 18.8 Å². The number of allylic oxidation sites excluding steroid dienone is 5. The molecule has 3 nitrogen and oxygen atoms in total. The molecule has 20 heavy (non-hydrogen) atoms. The van der Waals surface area contributed by atoms with Crippen molar-refractivity contribution in [2.75, 3.05) is 7.11 Å². The minimum atomic E-state index is 0.0695. The van der Waals surface area contributed by atoms with Gasteiger partial charge >= 0.3 is 0 Å². The second kappa shape index (κ2) is 7.27. The quantitative estimate of drug-likeness (QED) is 0.467. The summed E-state index contributed by atoms with van der Waals surface area (Å²) < 4.78 is 0. The molecule has 0 spiro atoms. The predicted molar refractivity (Wildman–Crippen MR) is 80.2 cm³/mol.